The molecule has 0 heterocycles. The van der Waals surface area contributed by atoms with Gasteiger partial charge in [0.1, 0.15) is 0 Å². The molecule has 0 aliphatic rings. The number of hydrogen-bond donors (Lipinski definition) is 2. The number of rotatable bonds is 5. The molecule has 1 aromatic carbocycles. The van der Waals surface area contributed by atoms with Crippen molar-refractivity contribution in [1.82, 2.24) is 5.32 Å². The summed E-state index contributed by atoms with van der Waals surface area (Å²) in [5.74, 6) is -0.0918. The van der Waals surface area contributed by atoms with Crippen LogP contribution >= 0.6 is 0 Å². The Bertz CT molecular complexity index is 385. The van der Waals surface area contributed by atoms with Crippen molar-refractivity contribution < 1.29 is 4.79 Å². The van der Waals surface area contributed by atoms with E-state index in [2.05, 4.69) is 38.2 Å². The molecule has 3 heteroatoms. The first-order valence-corrected chi connectivity index (χ1v) is 6.51. The maximum atomic E-state index is 11.8. The van der Waals surface area contributed by atoms with E-state index < -0.39 is 6.04 Å². The Balaban J connectivity index is 2.90. The third kappa shape index (κ3) is 3.33. The minimum absolute atomic E-state index is 0.0819. The molecule has 100 valence electrons. The smallest absolute Gasteiger partial charge is 0.236 e. The summed E-state index contributed by atoms with van der Waals surface area (Å²) in [7, 11) is 0. The molecule has 0 aliphatic heterocycles. The predicted octanol–water partition coefficient (Wildman–Crippen LogP) is 2.21. The Hall–Kier alpha value is -1.35. The predicted molar refractivity (Wildman–Crippen MR) is 75.3 cm³/mol. The van der Waals surface area contributed by atoms with Crippen molar-refractivity contribution in [3.63, 3.8) is 0 Å². The summed E-state index contributed by atoms with van der Waals surface area (Å²) in [4.78, 5) is 11.8. The second kappa shape index (κ2) is 6.01. The van der Waals surface area contributed by atoms with Crippen LogP contribution in [-0.4, -0.2) is 18.0 Å². The van der Waals surface area contributed by atoms with Crippen LogP contribution in [0.15, 0.2) is 30.3 Å². The molecule has 1 rings (SSSR count). The number of hydrogen-bond acceptors (Lipinski definition) is 2. The summed E-state index contributed by atoms with van der Waals surface area (Å²) in [6.45, 7) is 8.09. The van der Waals surface area contributed by atoms with Gasteiger partial charge in [0.2, 0.25) is 5.91 Å². The second-order valence-electron chi connectivity index (χ2n) is 5.35. The quantitative estimate of drug-likeness (QED) is 0.839. The first-order valence-electron chi connectivity index (χ1n) is 6.51. The molecule has 1 aromatic rings. The zero-order valence-corrected chi connectivity index (χ0v) is 11.7. The van der Waals surface area contributed by atoms with Gasteiger partial charge in [-0.15, -0.1) is 0 Å². The summed E-state index contributed by atoms with van der Waals surface area (Å²) in [5.41, 5.74) is 6.72. The van der Waals surface area contributed by atoms with Crippen LogP contribution in [-0.2, 0) is 10.2 Å². The third-order valence-electron chi connectivity index (χ3n) is 3.53. The monoisotopic (exact) mass is 248 g/mol. The van der Waals surface area contributed by atoms with Gasteiger partial charge in [-0.05, 0) is 18.9 Å². The van der Waals surface area contributed by atoms with E-state index in [0.717, 1.165) is 6.42 Å². The Morgan fingerprint density at radius 1 is 1.33 bits per heavy atom. The second-order valence-corrected chi connectivity index (χ2v) is 5.35. The molecule has 3 N–H and O–H groups in total. The molecule has 0 bridgehead atoms. The number of benzene rings is 1. The highest BCUT2D eigenvalue weighted by molar-refractivity contribution is 5.81. The fourth-order valence-corrected chi connectivity index (χ4v) is 2.16. The van der Waals surface area contributed by atoms with Gasteiger partial charge in [-0.3, -0.25) is 4.79 Å². The highest BCUT2D eigenvalue weighted by Gasteiger charge is 2.31. The van der Waals surface area contributed by atoms with Gasteiger partial charge in [0.05, 0.1) is 6.04 Å². The molecule has 1 unspecified atom stereocenters. The van der Waals surface area contributed by atoms with Gasteiger partial charge in [-0.25, -0.2) is 0 Å². The molecular weight excluding hydrogens is 224 g/mol. The maximum absolute atomic E-state index is 11.8. The molecule has 3 nitrogen and oxygen atoms in total. The van der Waals surface area contributed by atoms with E-state index in [-0.39, 0.29) is 17.4 Å². The van der Waals surface area contributed by atoms with E-state index in [4.69, 9.17) is 5.73 Å². The molecular formula is C15H24N2O. The van der Waals surface area contributed by atoms with Crippen LogP contribution in [0, 0.1) is 0 Å². The van der Waals surface area contributed by atoms with Crippen molar-refractivity contribution in [2.75, 3.05) is 0 Å². The van der Waals surface area contributed by atoms with Crippen molar-refractivity contribution in [3.05, 3.63) is 35.9 Å². The van der Waals surface area contributed by atoms with Gasteiger partial charge in [0.25, 0.3) is 0 Å². The van der Waals surface area contributed by atoms with Crippen molar-refractivity contribution in [2.24, 2.45) is 5.73 Å². The third-order valence-corrected chi connectivity index (χ3v) is 3.53. The van der Waals surface area contributed by atoms with Crippen molar-refractivity contribution in [3.8, 4) is 0 Å². The standard InChI is InChI=1S/C15H24N2O/c1-5-13(17-14(18)11(2)16)15(3,4)12-9-7-6-8-10-12/h6-11,13H,5,16H2,1-4H3,(H,17,18)/t11-,13?/m0/s1. The molecule has 0 radical (unpaired) electrons. The summed E-state index contributed by atoms with van der Waals surface area (Å²) in [6, 6.07) is 9.86. The molecule has 0 saturated heterocycles. The highest BCUT2D eigenvalue weighted by Crippen LogP contribution is 2.28. The first kappa shape index (κ1) is 14.7. The molecule has 0 fully saturated rings. The molecule has 1 amide bonds. The average molecular weight is 248 g/mol. The Morgan fingerprint density at radius 3 is 2.33 bits per heavy atom. The van der Waals surface area contributed by atoms with Crippen molar-refractivity contribution >= 4 is 5.91 Å². The van der Waals surface area contributed by atoms with E-state index in [1.54, 1.807) is 6.92 Å². The van der Waals surface area contributed by atoms with Crippen LogP contribution in [0.25, 0.3) is 0 Å². The van der Waals surface area contributed by atoms with Crippen LogP contribution in [0.4, 0.5) is 0 Å². The van der Waals surface area contributed by atoms with Gasteiger partial charge in [0.15, 0.2) is 0 Å². The normalized spacial score (nSPS) is 14.9. The molecule has 0 spiro atoms. The van der Waals surface area contributed by atoms with Crippen molar-refractivity contribution in [1.29, 1.82) is 0 Å². The zero-order chi connectivity index (χ0) is 13.8. The van der Waals surface area contributed by atoms with Gasteiger partial charge < -0.3 is 11.1 Å². The number of amides is 1. The summed E-state index contributed by atoms with van der Waals surface area (Å²) < 4.78 is 0. The summed E-state index contributed by atoms with van der Waals surface area (Å²) in [5, 5.41) is 3.04. The van der Waals surface area contributed by atoms with Crippen molar-refractivity contribution in [2.45, 2.75) is 51.6 Å². The first-order chi connectivity index (χ1) is 8.39. The number of nitrogens with one attached hydrogen (secondary N) is 1. The van der Waals surface area contributed by atoms with Gasteiger partial charge in [0, 0.05) is 11.5 Å². The van der Waals surface area contributed by atoms with Gasteiger partial charge >= 0.3 is 0 Å². The Labute approximate surface area is 110 Å². The van der Waals surface area contributed by atoms with Crippen LogP contribution < -0.4 is 11.1 Å². The minimum atomic E-state index is -0.467. The Kier molecular flexibility index (Phi) is 4.91. The lowest BCUT2D eigenvalue weighted by molar-refractivity contribution is -0.123. The number of nitrogens with two attached hydrogens (primary N) is 1. The molecule has 0 aliphatic carbocycles. The number of carbonyl (C=O) groups is 1. The van der Waals surface area contributed by atoms with E-state index in [1.807, 2.05) is 18.2 Å². The SMILES string of the molecule is CCC(NC(=O)[C@H](C)N)C(C)(C)c1ccccc1. The van der Waals surface area contributed by atoms with E-state index in [0.29, 0.717) is 0 Å². The van der Waals surface area contributed by atoms with Gasteiger partial charge in [-0.2, -0.15) is 0 Å². The van der Waals surface area contributed by atoms with Crippen LogP contribution in [0.1, 0.15) is 39.7 Å². The van der Waals surface area contributed by atoms with Crippen LogP contribution in [0.3, 0.4) is 0 Å². The lowest BCUT2D eigenvalue weighted by atomic mass is 9.76. The average Bonchev–Trinajstić information content (AvgIpc) is 2.36. The minimum Gasteiger partial charge on any atom is -0.351 e. The maximum Gasteiger partial charge on any atom is 0.236 e. The molecule has 18 heavy (non-hydrogen) atoms. The molecule has 0 aromatic heterocycles. The summed E-state index contributed by atoms with van der Waals surface area (Å²) >= 11 is 0. The lowest BCUT2D eigenvalue weighted by Gasteiger charge is -2.35. The molecule has 0 saturated carbocycles. The highest BCUT2D eigenvalue weighted by atomic mass is 16.2. The van der Waals surface area contributed by atoms with Crippen LogP contribution in [0.2, 0.25) is 0 Å². The largest absolute Gasteiger partial charge is 0.351 e. The Morgan fingerprint density at radius 2 is 1.89 bits per heavy atom. The zero-order valence-electron chi connectivity index (χ0n) is 11.7. The van der Waals surface area contributed by atoms with Gasteiger partial charge in [-0.1, -0.05) is 51.1 Å². The number of carbonyl (C=O) groups excluding carboxylic acids is 1. The fraction of sp³-hybridized carbons (Fsp3) is 0.533. The van der Waals surface area contributed by atoms with E-state index >= 15 is 0 Å². The topological polar surface area (TPSA) is 55.1 Å². The lowest BCUT2D eigenvalue weighted by Crippen LogP contribution is -2.51. The van der Waals surface area contributed by atoms with E-state index in [9.17, 15) is 4.79 Å². The fourth-order valence-electron chi connectivity index (χ4n) is 2.16. The van der Waals surface area contributed by atoms with E-state index in [1.165, 1.54) is 5.56 Å². The summed E-state index contributed by atoms with van der Waals surface area (Å²) in [6.07, 6.45) is 0.875. The van der Waals surface area contributed by atoms with Crippen LogP contribution in [0.5, 0.6) is 0 Å². The molecule has 2 atom stereocenters.